The summed E-state index contributed by atoms with van der Waals surface area (Å²) in [6, 6.07) is -0.129. The van der Waals surface area contributed by atoms with Gasteiger partial charge in [0.1, 0.15) is 0 Å². The topological polar surface area (TPSA) is 55.8 Å². The number of amides is 1. The van der Waals surface area contributed by atoms with E-state index in [1.165, 1.54) is 0 Å². The van der Waals surface area contributed by atoms with Gasteiger partial charge in [0.2, 0.25) is 0 Å². The summed E-state index contributed by atoms with van der Waals surface area (Å²) in [4.78, 5) is 25.8. The van der Waals surface area contributed by atoms with E-state index < -0.39 is 0 Å². The van der Waals surface area contributed by atoms with Gasteiger partial charge < -0.3 is 14.4 Å². The number of unbranched alkanes of at least 4 members (excludes halogenated alkanes) is 3. The number of ether oxygens (including phenoxy) is 2. The van der Waals surface area contributed by atoms with Gasteiger partial charge in [-0.15, -0.1) is 0 Å². The van der Waals surface area contributed by atoms with Crippen LogP contribution in [0.2, 0.25) is 0 Å². The van der Waals surface area contributed by atoms with Gasteiger partial charge in [-0.25, -0.2) is 4.79 Å². The Bertz CT molecular complexity index is 307. The van der Waals surface area contributed by atoms with Crippen LogP contribution in [-0.2, 0) is 14.3 Å². The molecular formula is C17H33NO4. The number of hydrogen-bond acceptors (Lipinski definition) is 4. The Morgan fingerprint density at radius 2 is 1.55 bits per heavy atom. The smallest absolute Gasteiger partial charge is 0.410 e. The highest BCUT2D eigenvalue weighted by Crippen LogP contribution is 2.17. The van der Waals surface area contributed by atoms with E-state index in [1.807, 2.05) is 0 Å². The highest BCUT2D eigenvalue weighted by atomic mass is 16.6. The van der Waals surface area contributed by atoms with Gasteiger partial charge in [-0.05, 0) is 26.7 Å². The summed E-state index contributed by atoms with van der Waals surface area (Å²) >= 11 is 0. The van der Waals surface area contributed by atoms with E-state index in [0.29, 0.717) is 19.8 Å². The number of nitrogens with zero attached hydrogens (tertiary/aromatic N) is 1. The van der Waals surface area contributed by atoms with Crippen LogP contribution in [-0.4, -0.2) is 42.8 Å². The van der Waals surface area contributed by atoms with E-state index in [-0.39, 0.29) is 24.5 Å². The van der Waals surface area contributed by atoms with E-state index in [4.69, 9.17) is 9.47 Å². The Kier molecular flexibility index (Phi) is 12.6. The SMILES string of the molecule is CCCCCC(CC(=O)OCC)N(CCCC)C(=O)OCC. The van der Waals surface area contributed by atoms with E-state index >= 15 is 0 Å². The van der Waals surface area contributed by atoms with Crippen molar-refractivity contribution in [3.05, 3.63) is 0 Å². The summed E-state index contributed by atoms with van der Waals surface area (Å²) in [5.41, 5.74) is 0. The molecule has 0 spiro atoms. The molecule has 0 N–H and O–H groups in total. The molecule has 0 aromatic rings. The normalized spacial score (nSPS) is 11.8. The summed E-state index contributed by atoms with van der Waals surface area (Å²) in [6.07, 6.45) is 5.87. The Labute approximate surface area is 135 Å². The maximum absolute atomic E-state index is 12.2. The Balaban J connectivity index is 4.88. The minimum atomic E-state index is -0.318. The molecule has 22 heavy (non-hydrogen) atoms. The predicted octanol–water partition coefficient (Wildman–Crippen LogP) is 4.15. The summed E-state index contributed by atoms with van der Waals surface area (Å²) in [5.74, 6) is -0.241. The minimum Gasteiger partial charge on any atom is -0.466 e. The quantitative estimate of drug-likeness (QED) is 0.401. The average Bonchev–Trinajstić information content (AvgIpc) is 2.48. The van der Waals surface area contributed by atoms with Crippen molar-refractivity contribution >= 4 is 12.1 Å². The fourth-order valence-electron chi connectivity index (χ4n) is 2.37. The van der Waals surface area contributed by atoms with Crippen LogP contribution >= 0.6 is 0 Å². The van der Waals surface area contributed by atoms with Gasteiger partial charge in [-0.2, -0.15) is 0 Å². The van der Waals surface area contributed by atoms with Crippen molar-refractivity contribution < 1.29 is 19.1 Å². The molecule has 1 atom stereocenters. The molecule has 0 aliphatic rings. The molecule has 0 saturated heterocycles. The lowest BCUT2D eigenvalue weighted by atomic mass is 10.0. The summed E-state index contributed by atoms with van der Waals surface area (Å²) in [6.45, 7) is 9.17. The molecule has 0 radical (unpaired) electrons. The van der Waals surface area contributed by atoms with E-state index in [0.717, 1.165) is 38.5 Å². The van der Waals surface area contributed by atoms with Crippen molar-refractivity contribution in [2.75, 3.05) is 19.8 Å². The molecule has 5 nitrogen and oxygen atoms in total. The van der Waals surface area contributed by atoms with Crippen LogP contribution in [0.1, 0.15) is 72.6 Å². The molecule has 0 saturated carbocycles. The number of carbonyl (C=O) groups excluding carboxylic acids is 2. The third-order valence-electron chi connectivity index (χ3n) is 3.54. The molecule has 0 aliphatic heterocycles. The lowest BCUT2D eigenvalue weighted by Crippen LogP contribution is -2.42. The lowest BCUT2D eigenvalue weighted by Gasteiger charge is -2.30. The van der Waals surface area contributed by atoms with Crippen molar-refractivity contribution in [3.63, 3.8) is 0 Å². The van der Waals surface area contributed by atoms with E-state index in [9.17, 15) is 9.59 Å². The van der Waals surface area contributed by atoms with Crippen LogP contribution in [0.3, 0.4) is 0 Å². The molecule has 1 unspecified atom stereocenters. The van der Waals surface area contributed by atoms with Gasteiger partial charge >= 0.3 is 12.1 Å². The zero-order valence-electron chi connectivity index (χ0n) is 14.7. The maximum atomic E-state index is 12.2. The molecule has 0 rings (SSSR count). The van der Waals surface area contributed by atoms with Crippen molar-refractivity contribution in [3.8, 4) is 0 Å². The summed E-state index contributed by atoms with van der Waals surface area (Å²) < 4.78 is 10.2. The third-order valence-corrected chi connectivity index (χ3v) is 3.54. The molecule has 0 bridgehead atoms. The Morgan fingerprint density at radius 1 is 0.909 bits per heavy atom. The lowest BCUT2D eigenvalue weighted by molar-refractivity contribution is -0.144. The van der Waals surface area contributed by atoms with Gasteiger partial charge in [-0.1, -0.05) is 39.5 Å². The maximum Gasteiger partial charge on any atom is 0.410 e. The third kappa shape index (κ3) is 8.90. The largest absolute Gasteiger partial charge is 0.466 e. The van der Waals surface area contributed by atoms with Crippen molar-refractivity contribution in [1.82, 2.24) is 4.90 Å². The van der Waals surface area contributed by atoms with Crippen molar-refractivity contribution in [2.24, 2.45) is 0 Å². The van der Waals surface area contributed by atoms with Crippen molar-refractivity contribution in [2.45, 2.75) is 78.7 Å². The molecule has 5 heteroatoms. The van der Waals surface area contributed by atoms with Crippen LogP contribution in [0.5, 0.6) is 0 Å². The molecule has 0 aromatic heterocycles. The zero-order chi connectivity index (χ0) is 16.8. The molecule has 0 aromatic carbocycles. The molecule has 0 heterocycles. The first-order valence-corrected chi connectivity index (χ1v) is 8.69. The van der Waals surface area contributed by atoms with Gasteiger partial charge in [-0.3, -0.25) is 4.79 Å². The zero-order valence-corrected chi connectivity index (χ0v) is 14.7. The number of rotatable bonds is 12. The molecular weight excluding hydrogens is 282 g/mol. The summed E-state index contributed by atoms with van der Waals surface area (Å²) in [7, 11) is 0. The Morgan fingerprint density at radius 3 is 2.09 bits per heavy atom. The van der Waals surface area contributed by atoms with Crippen LogP contribution in [0.4, 0.5) is 4.79 Å². The molecule has 0 fully saturated rings. The highest BCUT2D eigenvalue weighted by molar-refractivity contribution is 5.72. The van der Waals surface area contributed by atoms with Gasteiger partial charge in [0.15, 0.2) is 0 Å². The van der Waals surface area contributed by atoms with Gasteiger partial charge in [0, 0.05) is 12.6 Å². The molecule has 0 aliphatic carbocycles. The number of carbonyl (C=O) groups is 2. The van der Waals surface area contributed by atoms with Crippen LogP contribution in [0, 0.1) is 0 Å². The van der Waals surface area contributed by atoms with Crippen LogP contribution in [0.15, 0.2) is 0 Å². The fraction of sp³-hybridized carbons (Fsp3) is 0.882. The van der Waals surface area contributed by atoms with Crippen LogP contribution in [0.25, 0.3) is 0 Å². The van der Waals surface area contributed by atoms with Crippen LogP contribution < -0.4 is 0 Å². The predicted molar refractivity (Wildman–Crippen MR) is 87.8 cm³/mol. The second kappa shape index (κ2) is 13.4. The van der Waals surface area contributed by atoms with E-state index in [2.05, 4.69) is 13.8 Å². The van der Waals surface area contributed by atoms with E-state index in [1.54, 1.807) is 18.7 Å². The second-order valence-corrected chi connectivity index (χ2v) is 5.40. The fourth-order valence-corrected chi connectivity index (χ4v) is 2.37. The highest BCUT2D eigenvalue weighted by Gasteiger charge is 2.26. The first-order valence-electron chi connectivity index (χ1n) is 8.69. The Hall–Kier alpha value is -1.26. The van der Waals surface area contributed by atoms with Gasteiger partial charge in [0.25, 0.3) is 0 Å². The summed E-state index contributed by atoms with van der Waals surface area (Å²) in [5, 5.41) is 0. The first kappa shape index (κ1) is 20.7. The second-order valence-electron chi connectivity index (χ2n) is 5.40. The monoisotopic (exact) mass is 315 g/mol. The average molecular weight is 315 g/mol. The van der Waals surface area contributed by atoms with Crippen molar-refractivity contribution in [1.29, 1.82) is 0 Å². The molecule has 1 amide bonds. The first-order chi connectivity index (χ1) is 10.6. The standard InChI is InChI=1S/C17H33NO4/c1-5-9-11-12-15(14-16(19)21-7-3)18(13-10-6-2)17(20)22-8-4/h15H,5-14H2,1-4H3. The number of esters is 1. The number of hydrogen-bond donors (Lipinski definition) is 0. The van der Waals surface area contributed by atoms with Gasteiger partial charge in [0.05, 0.1) is 19.6 Å². The minimum absolute atomic E-state index is 0.129. The molecule has 130 valence electrons.